The smallest absolute Gasteiger partial charge is 0.338 e. The van der Waals surface area contributed by atoms with Gasteiger partial charge >= 0.3 is 5.97 Å². The number of hydrogen-bond donors (Lipinski definition) is 0. The summed E-state index contributed by atoms with van der Waals surface area (Å²) in [6.07, 6.45) is 6.38. The maximum atomic E-state index is 12.6. The van der Waals surface area contributed by atoms with Crippen LogP contribution < -0.4 is 0 Å². The van der Waals surface area contributed by atoms with E-state index < -0.39 is 10.0 Å². The molecule has 0 radical (unpaired) electrons. The van der Waals surface area contributed by atoms with Crippen molar-refractivity contribution in [2.45, 2.75) is 49.5 Å². The standard InChI is InChI=1S/C18H25NO5S/c20-18(24-16-5-3-1-2-4-6-16)15-7-9-17(10-8-15)25(21,22)19-11-13-23-14-12-19/h7-10,16H,1-6,11-14H2. The van der Waals surface area contributed by atoms with Gasteiger partial charge in [0, 0.05) is 13.1 Å². The summed E-state index contributed by atoms with van der Waals surface area (Å²) in [6, 6.07) is 6.03. The number of esters is 1. The fourth-order valence-electron chi connectivity index (χ4n) is 3.28. The average Bonchev–Trinajstić information content (AvgIpc) is 2.91. The highest BCUT2D eigenvalue weighted by molar-refractivity contribution is 7.89. The molecule has 1 aliphatic carbocycles. The van der Waals surface area contributed by atoms with Crippen LogP contribution in [0.2, 0.25) is 0 Å². The number of carbonyl (C=O) groups excluding carboxylic acids is 1. The Kier molecular flexibility index (Phi) is 6.09. The average molecular weight is 367 g/mol. The van der Waals surface area contributed by atoms with Gasteiger partial charge in [-0.15, -0.1) is 0 Å². The first-order chi connectivity index (χ1) is 12.1. The van der Waals surface area contributed by atoms with Gasteiger partial charge in [-0.05, 0) is 49.9 Å². The van der Waals surface area contributed by atoms with E-state index in [1.54, 1.807) is 0 Å². The van der Waals surface area contributed by atoms with Crippen LogP contribution in [0.5, 0.6) is 0 Å². The van der Waals surface area contributed by atoms with Crippen molar-refractivity contribution in [3.8, 4) is 0 Å². The lowest BCUT2D eigenvalue weighted by molar-refractivity contribution is 0.0267. The summed E-state index contributed by atoms with van der Waals surface area (Å²) in [7, 11) is -3.54. The molecule has 0 atom stereocenters. The largest absolute Gasteiger partial charge is 0.459 e. The Morgan fingerprint density at radius 3 is 2.20 bits per heavy atom. The highest BCUT2D eigenvalue weighted by atomic mass is 32.2. The number of rotatable bonds is 4. The van der Waals surface area contributed by atoms with Gasteiger partial charge in [0.05, 0.1) is 23.7 Å². The second-order valence-electron chi connectivity index (χ2n) is 6.56. The minimum Gasteiger partial charge on any atom is -0.459 e. The molecule has 1 saturated carbocycles. The molecule has 7 heteroatoms. The monoisotopic (exact) mass is 367 g/mol. The number of nitrogens with zero attached hydrogens (tertiary/aromatic N) is 1. The molecule has 1 heterocycles. The van der Waals surface area contributed by atoms with Gasteiger partial charge < -0.3 is 9.47 Å². The van der Waals surface area contributed by atoms with Crippen LogP contribution >= 0.6 is 0 Å². The Morgan fingerprint density at radius 2 is 1.60 bits per heavy atom. The number of carbonyl (C=O) groups is 1. The summed E-state index contributed by atoms with van der Waals surface area (Å²) in [5.41, 5.74) is 0.394. The van der Waals surface area contributed by atoms with E-state index in [1.807, 2.05) is 0 Å². The van der Waals surface area contributed by atoms with Crippen LogP contribution in [-0.2, 0) is 19.5 Å². The maximum Gasteiger partial charge on any atom is 0.338 e. The molecule has 1 aromatic carbocycles. The molecule has 2 fully saturated rings. The predicted molar refractivity (Wildman–Crippen MR) is 92.9 cm³/mol. The van der Waals surface area contributed by atoms with Crippen LogP contribution in [-0.4, -0.2) is 51.1 Å². The number of morpholine rings is 1. The van der Waals surface area contributed by atoms with Crippen LogP contribution in [0, 0.1) is 0 Å². The molecule has 0 aromatic heterocycles. The van der Waals surface area contributed by atoms with Crippen molar-refractivity contribution in [1.82, 2.24) is 4.31 Å². The Balaban J connectivity index is 1.65. The highest BCUT2D eigenvalue weighted by Crippen LogP contribution is 2.22. The molecule has 0 bridgehead atoms. The summed E-state index contributed by atoms with van der Waals surface area (Å²) < 4.78 is 37.3. The molecule has 0 spiro atoms. The van der Waals surface area contributed by atoms with Crippen LogP contribution in [0.4, 0.5) is 0 Å². The van der Waals surface area contributed by atoms with E-state index in [9.17, 15) is 13.2 Å². The lowest BCUT2D eigenvalue weighted by Gasteiger charge is -2.26. The van der Waals surface area contributed by atoms with Crippen LogP contribution in [0.1, 0.15) is 48.9 Å². The van der Waals surface area contributed by atoms with Crippen LogP contribution in [0.25, 0.3) is 0 Å². The van der Waals surface area contributed by atoms with E-state index in [2.05, 4.69) is 0 Å². The molecule has 2 aliphatic rings. The number of sulfonamides is 1. The fraction of sp³-hybridized carbons (Fsp3) is 0.611. The summed E-state index contributed by atoms with van der Waals surface area (Å²) in [5.74, 6) is -0.373. The second kappa shape index (κ2) is 8.29. The normalized spacial score (nSPS) is 20.8. The molecule has 3 rings (SSSR count). The summed E-state index contributed by atoms with van der Waals surface area (Å²) >= 11 is 0. The maximum absolute atomic E-state index is 12.6. The Hall–Kier alpha value is -1.44. The molecule has 0 amide bonds. The molecular formula is C18H25NO5S. The summed E-state index contributed by atoms with van der Waals surface area (Å²) in [5, 5.41) is 0. The third-order valence-electron chi connectivity index (χ3n) is 4.77. The first-order valence-corrected chi connectivity index (χ1v) is 10.4. The molecule has 1 aromatic rings. The summed E-state index contributed by atoms with van der Waals surface area (Å²) in [4.78, 5) is 12.5. The van der Waals surface area contributed by atoms with Crippen molar-refractivity contribution < 1.29 is 22.7 Å². The van der Waals surface area contributed by atoms with E-state index in [0.29, 0.717) is 31.9 Å². The Morgan fingerprint density at radius 1 is 1.00 bits per heavy atom. The predicted octanol–water partition coefficient (Wildman–Crippen LogP) is 2.59. The van der Waals surface area contributed by atoms with Crippen molar-refractivity contribution in [3.05, 3.63) is 29.8 Å². The molecule has 1 saturated heterocycles. The lowest BCUT2D eigenvalue weighted by atomic mass is 10.1. The fourth-order valence-corrected chi connectivity index (χ4v) is 4.69. The molecule has 25 heavy (non-hydrogen) atoms. The Labute approximate surface area is 149 Å². The number of hydrogen-bond acceptors (Lipinski definition) is 5. The van der Waals surface area contributed by atoms with Gasteiger partial charge in [0.1, 0.15) is 6.10 Å². The zero-order chi connectivity index (χ0) is 17.7. The molecule has 0 N–H and O–H groups in total. The van der Waals surface area contributed by atoms with Gasteiger partial charge in [0.15, 0.2) is 0 Å². The van der Waals surface area contributed by atoms with Crippen molar-refractivity contribution in [2.75, 3.05) is 26.3 Å². The second-order valence-corrected chi connectivity index (χ2v) is 8.50. The van der Waals surface area contributed by atoms with Gasteiger partial charge in [-0.25, -0.2) is 13.2 Å². The van der Waals surface area contributed by atoms with Crippen molar-refractivity contribution in [3.63, 3.8) is 0 Å². The summed E-state index contributed by atoms with van der Waals surface area (Å²) in [6.45, 7) is 1.53. The molecule has 1 aliphatic heterocycles. The van der Waals surface area contributed by atoms with Gasteiger partial charge in [0.2, 0.25) is 10.0 Å². The zero-order valence-corrected chi connectivity index (χ0v) is 15.2. The van der Waals surface area contributed by atoms with Crippen molar-refractivity contribution >= 4 is 16.0 Å². The third-order valence-corrected chi connectivity index (χ3v) is 6.69. The molecule has 0 unspecified atom stereocenters. The quantitative estimate of drug-likeness (QED) is 0.604. The van der Waals surface area contributed by atoms with Crippen molar-refractivity contribution in [2.24, 2.45) is 0 Å². The zero-order valence-electron chi connectivity index (χ0n) is 14.4. The van der Waals surface area contributed by atoms with Gasteiger partial charge in [-0.3, -0.25) is 0 Å². The first-order valence-electron chi connectivity index (χ1n) is 8.96. The van der Waals surface area contributed by atoms with Gasteiger partial charge in [0.25, 0.3) is 0 Å². The first kappa shape index (κ1) is 18.4. The van der Waals surface area contributed by atoms with Gasteiger partial charge in [-0.1, -0.05) is 12.8 Å². The van der Waals surface area contributed by atoms with E-state index >= 15 is 0 Å². The van der Waals surface area contributed by atoms with E-state index in [4.69, 9.17) is 9.47 Å². The molecular weight excluding hydrogens is 342 g/mol. The van der Waals surface area contributed by atoms with E-state index in [-0.39, 0.29) is 17.0 Å². The van der Waals surface area contributed by atoms with E-state index in [0.717, 1.165) is 25.7 Å². The molecule has 138 valence electrons. The van der Waals surface area contributed by atoms with E-state index in [1.165, 1.54) is 41.4 Å². The van der Waals surface area contributed by atoms with Crippen LogP contribution in [0.15, 0.2) is 29.2 Å². The third kappa shape index (κ3) is 4.59. The SMILES string of the molecule is O=C(OC1CCCCCC1)c1ccc(S(=O)(=O)N2CCOCC2)cc1. The number of ether oxygens (including phenoxy) is 2. The topological polar surface area (TPSA) is 72.9 Å². The number of benzene rings is 1. The van der Waals surface area contributed by atoms with Crippen LogP contribution in [0.3, 0.4) is 0 Å². The highest BCUT2D eigenvalue weighted by Gasteiger charge is 2.26. The van der Waals surface area contributed by atoms with Crippen molar-refractivity contribution in [1.29, 1.82) is 0 Å². The lowest BCUT2D eigenvalue weighted by Crippen LogP contribution is -2.40. The minimum absolute atomic E-state index is 0.0215. The minimum atomic E-state index is -3.54. The Bertz CT molecular complexity index is 672. The van der Waals surface area contributed by atoms with Gasteiger partial charge in [-0.2, -0.15) is 4.31 Å². The molecule has 6 nitrogen and oxygen atoms in total.